The minimum absolute atomic E-state index is 0.186. The molecule has 1 heterocycles. The lowest BCUT2D eigenvalue weighted by Crippen LogP contribution is -2.43. The van der Waals surface area contributed by atoms with E-state index >= 15 is 0 Å². The summed E-state index contributed by atoms with van der Waals surface area (Å²) >= 11 is 0. The Morgan fingerprint density at radius 3 is 2.58 bits per heavy atom. The highest BCUT2D eigenvalue weighted by Gasteiger charge is 2.31. The van der Waals surface area contributed by atoms with Crippen LogP contribution in [0, 0.1) is 17.8 Å². The van der Waals surface area contributed by atoms with Crippen LogP contribution in [0.3, 0.4) is 0 Å². The molecule has 2 rings (SSSR count). The number of likely N-dealkylation sites (tertiary alicyclic amines) is 1. The van der Waals surface area contributed by atoms with Crippen LogP contribution in [0.1, 0.15) is 39.0 Å². The van der Waals surface area contributed by atoms with Crippen molar-refractivity contribution < 1.29 is 4.79 Å². The fraction of sp³-hybridized carbons (Fsp3) is 0.933. The highest BCUT2D eigenvalue weighted by atomic mass is 16.1. The van der Waals surface area contributed by atoms with Crippen LogP contribution in [-0.4, -0.2) is 43.5 Å². The van der Waals surface area contributed by atoms with E-state index in [9.17, 15) is 4.79 Å². The Morgan fingerprint density at radius 1 is 1.26 bits per heavy atom. The molecule has 0 aromatic heterocycles. The number of hydrogen-bond acceptors (Lipinski definition) is 3. The van der Waals surface area contributed by atoms with E-state index in [0.717, 1.165) is 38.9 Å². The van der Waals surface area contributed by atoms with Gasteiger partial charge in [0.15, 0.2) is 0 Å². The van der Waals surface area contributed by atoms with Gasteiger partial charge in [0, 0.05) is 18.5 Å². The molecule has 1 saturated heterocycles. The summed E-state index contributed by atoms with van der Waals surface area (Å²) in [5, 5.41) is 3.18. The van der Waals surface area contributed by atoms with Gasteiger partial charge in [0.1, 0.15) is 0 Å². The SMILES string of the molecule is CC1CC(N)CCC1C(=O)NCC1CCN(C)CC1. The molecule has 3 atom stereocenters. The van der Waals surface area contributed by atoms with E-state index in [4.69, 9.17) is 5.73 Å². The number of nitrogens with two attached hydrogens (primary N) is 1. The van der Waals surface area contributed by atoms with Crippen LogP contribution in [0.25, 0.3) is 0 Å². The Labute approximate surface area is 117 Å². The zero-order valence-electron chi connectivity index (χ0n) is 12.4. The van der Waals surface area contributed by atoms with Crippen LogP contribution in [0.5, 0.6) is 0 Å². The first-order chi connectivity index (χ1) is 9.06. The van der Waals surface area contributed by atoms with Crippen molar-refractivity contribution in [1.29, 1.82) is 0 Å². The number of amides is 1. The monoisotopic (exact) mass is 267 g/mol. The fourth-order valence-electron chi connectivity index (χ4n) is 3.47. The van der Waals surface area contributed by atoms with Crippen molar-refractivity contribution in [3.63, 3.8) is 0 Å². The van der Waals surface area contributed by atoms with Gasteiger partial charge >= 0.3 is 0 Å². The van der Waals surface area contributed by atoms with Gasteiger partial charge in [0.2, 0.25) is 5.91 Å². The molecule has 3 unspecified atom stereocenters. The zero-order chi connectivity index (χ0) is 13.8. The number of nitrogens with one attached hydrogen (secondary N) is 1. The van der Waals surface area contributed by atoms with E-state index in [-0.39, 0.29) is 11.8 Å². The molecule has 0 bridgehead atoms. The predicted octanol–water partition coefficient (Wildman–Crippen LogP) is 1.21. The Hall–Kier alpha value is -0.610. The van der Waals surface area contributed by atoms with Gasteiger partial charge in [-0.15, -0.1) is 0 Å². The Morgan fingerprint density at radius 2 is 1.95 bits per heavy atom. The molecular formula is C15H29N3O. The van der Waals surface area contributed by atoms with Gasteiger partial charge in [0.25, 0.3) is 0 Å². The van der Waals surface area contributed by atoms with Crippen molar-refractivity contribution in [3.05, 3.63) is 0 Å². The van der Waals surface area contributed by atoms with E-state index in [1.807, 2.05) is 0 Å². The van der Waals surface area contributed by atoms with Crippen molar-refractivity contribution in [3.8, 4) is 0 Å². The zero-order valence-corrected chi connectivity index (χ0v) is 12.4. The first-order valence-corrected chi connectivity index (χ1v) is 7.78. The average molecular weight is 267 g/mol. The second-order valence-corrected chi connectivity index (χ2v) is 6.65. The quantitative estimate of drug-likeness (QED) is 0.808. The summed E-state index contributed by atoms with van der Waals surface area (Å²) in [6.07, 6.45) is 5.37. The van der Waals surface area contributed by atoms with E-state index in [1.54, 1.807) is 0 Å². The molecule has 0 radical (unpaired) electrons. The summed E-state index contributed by atoms with van der Waals surface area (Å²) in [5.74, 6) is 1.55. The third-order valence-corrected chi connectivity index (χ3v) is 4.95. The van der Waals surface area contributed by atoms with Gasteiger partial charge in [-0.2, -0.15) is 0 Å². The van der Waals surface area contributed by atoms with Gasteiger partial charge in [0.05, 0.1) is 0 Å². The molecule has 0 aromatic carbocycles. The Kier molecular flexibility index (Phi) is 5.22. The molecule has 19 heavy (non-hydrogen) atoms. The summed E-state index contributed by atoms with van der Waals surface area (Å²) in [7, 11) is 2.17. The van der Waals surface area contributed by atoms with Crippen LogP contribution in [0.15, 0.2) is 0 Å². The molecule has 4 heteroatoms. The largest absolute Gasteiger partial charge is 0.356 e. The third kappa shape index (κ3) is 4.18. The standard InChI is InChI=1S/C15H29N3O/c1-11-9-13(16)3-4-14(11)15(19)17-10-12-5-7-18(2)8-6-12/h11-14H,3-10,16H2,1-2H3,(H,17,19). The van der Waals surface area contributed by atoms with Crippen LogP contribution in [0.4, 0.5) is 0 Å². The number of piperidine rings is 1. The van der Waals surface area contributed by atoms with Crippen LogP contribution < -0.4 is 11.1 Å². The fourth-order valence-corrected chi connectivity index (χ4v) is 3.47. The number of carbonyl (C=O) groups is 1. The maximum Gasteiger partial charge on any atom is 0.223 e. The Bertz CT molecular complexity index is 300. The first-order valence-electron chi connectivity index (χ1n) is 7.78. The lowest BCUT2D eigenvalue weighted by Gasteiger charge is -2.33. The summed E-state index contributed by atoms with van der Waals surface area (Å²) < 4.78 is 0. The number of hydrogen-bond donors (Lipinski definition) is 2. The topological polar surface area (TPSA) is 58.4 Å². The Balaban J connectivity index is 1.72. The molecule has 1 saturated carbocycles. The second kappa shape index (κ2) is 6.71. The van der Waals surface area contributed by atoms with Crippen LogP contribution in [-0.2, 0) is 4.79 Å². The van der Waals surface area contributed by atoms with Crippen molar-refractivity contribution in [2.75, 3.05) is 26.7 Å². The molecule has 1 aliphatic carbocycles. The normalized spacial score (nSPS) is 34.2. The van der Waals surface area contributed by atoms with E-state index in [2.05, 4.69) is 24.2 Å². The predicted molar refractivity (Wildman–Crippen MR) is 77.7 cm³/mol. The maximum atomic E-state index is 12.3. The molecule has 110 valence electrons. The number of rotatable bonds is 3. The van der Waals surface area contributed by atoms with Gasteiger partial charge in [-0.25, -0.2) is 0 Å². The van der Waals surface area contributed by atoms with Crippen LogP contribution >= 0.6 is 0 Å². The van der Waals surface area contributed by atoms with Crippen molar-refractivity contribution >= 4 is 5.91 Å². The molecule has 2 aliphatic rings. The molecular weight excluding hydrogens is 238 g/mol. The smallest absolute Gasteiger partial charge is 0.223 e. The summed E-state index contributed by atoms with van der Waals surface area (Å²) in [5.41, 5.74) is 5.96. The van der Waals surface area contributed by atoms with E-state index in [1.165, 1.54) is 12.8 Å². The summed E-state index contributed by atoms with van der Waals surface area (Å²) in [6, 6.07) is 0.299. The van der Waals surface area contributed by atoms with Gasteiger partial charge in [-0.05, 0) is 64.1 Å². The minimum atomic E-state index is 0.186. The molecule has 4 nitrogen and oxygen atoms in total. The molecule has 1 amide bonds. The minimum Gasteiger partial charge on any atom is -0.356 e. The lowest BCUT2D eigenvalue weighted by molar-refractivity contribution is -0.127. The molecule has 0 spiro atoms. The number of nitrogens with zero attached hydrogens (tertiary/aromatic N) is 1. The van der Waals surface area contributed by atoms with Gasteiger partial charge < -0.3 is 16.0 Å². The molecule has 3 N–H and O–H groups in total. The maximum absolute atomic E-state index is 12.3. The second-order valence-electron chi connectivity index (χ2n) is 6.65. The third-order valence-electron chi connectivity index (χ3n) is 4.95. The molecule has 1 aliphatic heterocycles. The molecule has 2 fully saturated rings. The average Bonchev–Trinajstić information content (AvgIpc) is 2.37. The first kappa shape index (κ1) is 14.8. The number of carbonyl (C=O) groups excluding carboxylic acids is 1. The highest BCUT2D eigenvalue weighted by molar-refractivity contribution is 5.79. The van der Waals surface area contributed by atoms with Crippen molar-refractivity contribution in [2.24, 2.45) is 23.5 Å². The van der Waals surface area contributed by atoms with Crippen molar-refractivity contribution in [2.45, 2.75) is 45.1 Å². The van der Waals surface area contributed by atoms with E-state index in [0.29, 0.717) is 17.9 Å². The summed E-state index contributed by atoms with van der Waals surface area (Å²) in [4.78, 5) is 14.6. The lowest BCUT2D eigenvalue weighted by atomic mass is 9.77. The summed E-state index contributed by atoms with van der Waals surface area (Å²) in [6.45, 7) is 5.35. The van der Waals surface area contributed by atoms with E-state index < -0.39 is 0 Å². The van der Waals surface area contributed by atoms with Crippen LogP contribution in [0.2, 0.25) is 0 Å². The molecule has 0 aromatic rings. The van der Waals surface area contributed by atoms with Gasteiger partial charge in [-0.3, -0.25) is 4.79 Å². The highest BCUT2D eigenvalue weighted by Crippen LogP contribution is 2.29. The van der Waals surface area contributed by atoms with Crippen molar-refractivity contribution in [1.82, 2.24) is 10.2 Å². The van der Waals surface area contributed by atoms with Gasteiger partial charge in [-0.1, -0.05) is 6.92 Å².